The zero-order chi connectivity index (χ0) is 11.4. The van der Waals surface area contributed by atoms with Crippen LogP contribution in [0, 0.1) is 17.1 Å². The molecule has 0 heterocycles. The van der Waals surface area contributed by atoms with Gasteiger partial charge in [0.25, 0.3) is 0 Å². The van der Waals surface area contributed by atoms with Gasteiger partial charge in [-0.05, 0) is 6.07 Å². The smallest absolute Gasteiger partial charge is 0.343 e. The molecule has 0 radical (unpaired) electrons. The summed E-state index contributed by atoms with van der Waals surface area (Å²) in [6.45, 7) is 0. The number of hydrogen-bond acceptors (Lipinski definition) is 4. The third kappa shape index (κ3) is 2.05. The van der Waals surface area contributed by atoms with Crippen LogP contribution in [-0.2, 0) is 4.74 Å². The molecule has 1 aromatic rings. The van der Waals surface area contributed by atoms with Crippen LogP contribution in [0.25, 0.3) is 0 Å². The van der Waals surface area contributed by atoms with Crippen molar-refractivity contribution >= 4 is 5.97 Å². The van der Waals surface area contributed by atoms with Crippen molar-refractivity contribution in [2.45, 2.75) is 0 Å². The molecule has 0 aromatic heterocycles. The molecule has 0 aliphatic rings. The Kier molecular flexibility index (Phi) is 3.24. The highest BCUT2D eigenvalue weighted by Crippen LogP contribution is 2.24. The van der Waals surface area contributed by atoms with E-state index in [1.54, 1.807) is 6.07 Å². The van der Waals surface area contributed by atoms with Crippen molar-refractivity contribution in [2.24, 2.45) is 0 Å². The summed E-state index contributed by atoms with van der Waals surface area (Å²) in [5.74, 6) is -1.39. The number of esters is 1. The van der Waals surface area contributed by atoms with Gasteiger partial charge >= 0.3 is 5.97 Å². The molecule has 0 N–H and O–H groups in total. The first-order valence-electron chi connectivity index (χ1n) is 4.00. The molecule has 15 heavy (non-hydrogen) atoms. The predicted octanol–water partition coefficient (Wildman–Crippen LogP) is 1.49. The molecule has 0 saturated carbocycles. The van der Waals surface area contributed by atoms with Crippen molar-refractivity contribution in [3.05, 3.63) is 29.1 Å². The van der Waals surface area contributed by atoms with Gasteiger partial charge in [-0.3, -0.25) is 0 Å². The second-order valence-corrected chi connectivity index (χ2v) is 2.63. The third-order valence-corrected chi connectivity index (χ3v) is 1.80. The van der Waals surface area contributed by atoms with Gasteiger partial charge in [-0.1, -0.05) is 0 Å². The first-order valence-corrected chi connectivity index (χ1v) is 4.00. The van der Waals surface area contributed by atoms with Gasteiger partial charge in [-0.2, -0.15) is 5.26 Å². The Labute approximate surface area is 85.8 Å². The summed E-state index contributed by atoms with van der Waals surface area (Å²) in [7, 11) is 2.45. The Bertz CT molecular complexity index is 437. The van der Waals surface area contributed by atoms with E-state index in [0.717, 1.165) is 12.1 Å². The van der Waals surface area contributed by atoms with Gasteiger partial charge in [0.15, 0.2) is 0 Å². The summed E-state index contributed by atoms with van der Waals surface area (Å²) in [5, 5.41) is 8.73. The Balaban J connectivity index is 3.45. The van der Waals surface area contributed by atoms with Crippen LogP contribution >= 0.6 is 0 Å². The molecule has 78 valence electrons. The van der Waals surface area contributed by atoms with Crippen LogP contribution in [0.3, 0.4) is 0 Å². The van der Waals surface area contributed by atoms with E-state index in [1.165, 1.54) is 14.2 Å². The number of benzene rings is 1. The second kappa shape index (κ2) is 4.42. The Morgan fingerprint density at radius 3 is 2.60 bits per heavy atom. The van der Waals surface area contributed by atoms with Crippen LogP contribution in [0.5, 0.6) is 5.75 Å². The summed E-state index contributed by atoms with van der Waals surface area (Å²) in [5.41, 5.74) is -0.178. The summed E-state index contributed by atoms with van der Waals surface area (Å²) >= 11 is 0. The highest BCUT2D eigenvalue weighted by atomic mass is 19.1. The molecular formula is C10H8FNO3. The summed E-state index contributed by atoms with van der Waals surface area (Å²) in [4.78, 5) is 11.3. The van der Waals surface area contributed by atoms with Crippen LogP contribution in [0.15, 0.2) is 12.1 Å². The Morgan fingerprint density at radius 1 is 1.47 bits per heavy atom. The fourth-order valence-corrected chi connectivity index (χ4v) is 1.14. The lowest BCUT2D eigenvalue weighted by Crippen LogP contribution is -2.07. The van der Waals surface area contributed by atoms with E-state index in [9.17, 15) is 9.18 Å². The molecule has 4 nitrogen and oxygen atoms in total. The fraction of sp³-hybridized carbons (Fsp3) is 0.200. The molecule has 1 rings (SSSR count). The minimum absolute atomic E-state index is 0.0154. The lowest BCUT2D eigenvalue weighted by Gasteiger charge is -2.08. The van der Waals surface area contributed by atoms with Crippen molar-refractivity contribution < 1.29 is 18.7 Å². The quantitative estimate of drug-likeness (QED) is 0.692. The van der Waals surface area contributed by atoms with Crippen molar-refractivity contribution in [3.8, 4) is 11.8 Å². The number of nitrogens with zero attached hydrogens (tertiary/aromatic N) is 1. The lowest BCUT2D eigenvalue weighted by molar-refractivity contribution is 0.0596. The lowest BCUT2D eigenvalue weighted by atomic mass is 10.1. The van der Waals surface area contributed by atoms with Gasteiger partial charge in [0.05, 0.1) is 19.8 Å². The van der Waals surface area contributed by atoms with Crippen molar-refractivity contribution in [1.82, 2.24) is 0 Å². The summed E-state index contributed by atoms with van der Waals surface area (Å²) in [6, 6.07) is 3.68. The van der Waals surface area contributed by atoms with Crippen molar-refractivity contribution in [2.75, 3.05) is 14.2 Å². The van der Waals surface area contributed by atoms with E-state index >= 15 is 0 Å². The van der Waals surface area contributed by atoms with E-state index in [4.69, 9.17) is 10.00 Å². The van der Waals surface area contributed by atoms with Gasteiger partial charge in [0.2, 0.25) is 0 Å². The Hall–Kier alpha value is -2.09. The molecule has 0 amide bonds. The van der Waals surface area contributed by atoms with Crippen LogP contribution in [0.2, 0.25) is 0 Å². The van der Waals surface area contributed by atoms with Crippen molar-refractivity contribution in [3.63, 3.8) is 0 Å². The number of methoxy groups -OCH3 is 2. The highest BCUT2D eigenvalue weighted by molar-refractivity contribution is 5.95. The predicted molar refractivity (Wildman–Crippen MR) is 49.0 cm³/mol. The maximum Gasteiger partial charge on any atom is 0.343 e. The number of hydrogen-bond donors (Lipinski definition) is 0. The van der Waals surface area contributed by atoms with Crippen LogP contribution in [0.4, 0.5) is 4.39 Å². The van der Waals surface area contributed by atoms with Gasteiger partial charge in [-0.25, -0.2) is 9.18 Å². The van der Waals surface area contributed by atoms with E-state index in [0.29, 0.717) is 0 Å². The topological polar surface area (TPSA) is 59.3 Å². The first kappa shape index (κ1) is 11.0. The average Bonchev–Trinajstić information content (AvgIpc) is 2.26. The summed E-state index contributed by atoms with van der Waals surface area (Å²) in [6.07, 6.45) is 0. The molecule has 0 spiro atoms. The molecular weight excluding hydrogens is 201 g/mol. The monoisotopic (exact) mass is 209 g/mol. The number of rotatable bonds is 2. The van der Waals surface area contributed by atoms with E-state index in [-0.39, 0.29) is 16.9 Å². The highest BCUT2D eigenvalue weighted by Gasteiger charge is 2.19. The number of carbonyl (C=O) groups excluding carboxylic acids is 1. The fourth-order valence-electron chi connectivity index (χ4n) is 1.14. The molecule has 0 atom stereocenters. The van der Waals surface area contributed by atoms with E-state index in [1.807, 2.05) is 0 Å². The van der Waals surface area contributed by atoms with Gasteiger partial charge in [0.1, 0.15) is 23.2 Å². The molecule has 0 fully saturated rings. The third-order valence-electron chi connectivity index (χ3n) is 1.80. The number of nitriles is 1. The number of halogens is 1. The minimum Gasteiger partial charge on any atom is -0.496 e. The van der Waals surface area contributed by atoms with Crippen molar-refractivity contribution in [1.29, 1.82) is 5.26 Å². The van der Waals surface area contributed by atoms with Crippen LogP contribution in [-0.4, -0.2) is 20.2 Å². The maximum atomic E-state index is 13.0. The normalized spacial score (nSPS) is 9.20. The molecule has 0 unspecified atom stereocenters. The number of carbonyl (C=O) groups is 1. The second-order valence-electron chi connectivity index (χ2n) is 2.63. The SMILES string of the molecule is COC(=O)c1c(C#N)cc(F)cc1OC. The molecule has 5 heteroatoms. The standard InChI is InChI=1S/C10H8FNO3/c1-14-8-4-7(11)3-6(5-12)9(8)10(13)15-2/h3-4H,1-2H3. The van der Waals surface area contributed by atoms with E-state index in [2.05, 4.69) is 4.74 Å². The molecule has 1 aromatic carbocycles. The van der Waals surface area contributed by atoms with Gasteiger partial charge in [-0.15, -0.1) is 0 Å². The zero-order valence-electron chi connectivity index (χ0n) is 8.20. The first-order chi connectivity index (χ1) is 7.13. The van der Waals surface area contributed by atoms with Gasteiger partial charge in [0, 0.05) is 6.07 Å². The molecule has 0 aliphatic carbocycles. The Morgan fingerprint density at radius 2 is 2.13 bits per heavy atom. The average molecular weight is 209 g/mol. The summed E-state index contributed by atoms with van der Waals surface area (Å²) < 4.78 is 22.2. The molecule has 0 bridgehead atoms. The largest absolute Gasteiger partial charge is 0.496 e. The molecule has 0 saturated heterocycles. The van der Waals surface area contributed by atoms with Crippen LogP contribution in [0.1, 0.15) is 15.9 Å². The minimum atomic E-state index is -0.733. The van der Waals surface area contributed by atoms with Gasteiger partial charge < -0.3 is 9.47 Å². The number of ether oxygens (including phenoxy) is 2. The molecule has 0 aliphatic heterocycles. The van der Waals surface area contributed by atoms with E-state index < -0.39 is 11.8 Å². The maximum absolute atomic E-state index is 13.0. The van der Waals surface area contributed by atoms with Crippen LogP contribution < -0.4 is 4.74 Å². The zero-order valence-corrected chi connectivity index (χ0v) is 8.20.